The number of aromatic nitrogens is 3. The minimum absolute atomic E-state index is 0.240. The van der Waals surface area contributed by atoms with Gasteiger partial charge in [0.2, 0.25) is 11.1 Å². The number of anilines is 1. The number of rotatable bonds is 6. The summed E-state index contributed by atoms with van der Waals surface area (Å²) in [4.78, 5) is 13.3. The van der Waals surface area contributed by atoms with Gasteiger partial charge in [0.05, 0.1) is 11.6 Å². The van der Waals surface area contributed by atoms with E-state index in [1.165, 1.54) is 11.8 Å². The first-order valence-electron chi connectivity index (χ1n) is 6.00. The van der Waals surface area contributed by atoms with Crippen molar-refractivity contribution in [2.45, 2.75) is 23.4 Å². The third kappa shape index (κ3) is 3.96. The lowest BCUT2D eigenvalue weighted by molar-refractivity contribution is 0.288. The Morgan fingerprint density at radius 3 is 2.80 bits per heavy atom. The van der Waals surface area contributed by atoms with E-state index >= 15 is 0 Å². The highest BCUT2D eigenvalue weighted by molar-refractivity contribution is 7.99. The Morgan fingerprint density at radius 1 is 1.30 bits per heavy atom. The van der Waals surface area contributed by atoms with Gasteiger partial charge in [0, 0.05) is 4.90 Å². The summed E-state index contributed by atoms with van der Waals surface area (Å²) in [6, 6.07) is 7.69. The van der Waals surface area contributed by atoms with Crippen molar-refractivity contribution in [3.05, 3.63) is 29.3 Å². The number of nitrogens with two attached hydrogens (primary N) is 1. The zero-order valence-electron chi connectivity index (χ0n) is 10.8. The van der Waals surface area contributed by atoms with E-state index in [9.17, 15) is 0 Å². The van der Waals surface area contributed by atoms with Gasteiger partial charge < -0.3 is 4.74 Å². The molecule has 2 aromatic rings. The van der Waals surface area contributed by atoms with Crippen LogP contribution in [0.25, 0.3) is 0 Å². The van der Waals surface area contributed by atoms with Gasteiger partial charge in [0.1, 0.15) is 0 Å². The van der Waals surface area contributed by atoms with Gasteiger partial charge in [-0.3, -0.25) is 5.43 Å². The van der Waals surface area contributed by atoms with E-state index in [1.807, 2.05) is 31.2 Å². The molecule has 106 valence electrons. The topological polar surface area (TPSA) is 86.0 Å². The van der Waals surface area contributed by atoms with E-state index in [1.54, 1.807) is 0 Å². The molecule has 1 aromatic heterocycles. The van der Waals surface area contributed by atoms with Gasteiger partial charge in [-0.05, 0) is 30.3 Å². The standard InChI is InChI=1S/C12H14ClN5OS/c1-2-7-19-11-15-10(18-14)16-12(17-11)20-9-6-4-3-5-8(9)13/h3-6H,2,7,14H2,1H3,(H,15,16,17,18). The summed E-state index contributed by atoms with van der Waals surface area (Å²) in [5.74, 6) is 5.60. The first kappa shape index (κ1) is 14.8. The molecule has 2 rings (SSSR count). The lowest BCUT2D eigenvalue weighted by Crippen LogP contribution is -2.13. The highest BCUT2D eigenvalue weighted by Gasteiger charge is 2.10. The first-order valence-corrected chi connectivity index (χ1v) is 7.20. The number of nitrogen functional groups attached to an aromatic ring is 1. The number of halogens is 1. The van der Waals surface area contributed by atoms with Gasteiger partial charge in [-0.2, -0.15) is 15.0 Å². The van der Waals surface area contributed by atoms with Gasteiger partial charge in [-0.1, -0.05) is 30.7 Å². The Balaban J connectivity index is 2.24. The lowest BCUT2D eigenvalue weighted by atomic mass is 10.4. The molecular formula is C12H14ClN5OS. The van der Waals surface area contributed by atoms with Crippen LogP contribution in [0.15, 0.2) is 34.3 Å². The molecule has 0 aliphatic heterocycles. The molecule has 0 radical (unpaired) electrons. The van der Waals surface area contributed by atoms with Crippen molar-refractivity contribution >= 4 is 29.3 Å². The Morgan fingerprint density at radius 2 is 2.10 bits per heavy atom. The van der Waals surface area contributed by atoms with Crippen LogP contribution in [0.2, 0.25) is 5.02 Å². The van der Waals surface area contributed by atoms with E-state index in [0.717, 1.165) is 11.3 Å². The predicted molar refractivity (Wildman–Crippen MR) is 79.0 cm³/mol. The van der Waals surface area contributed by atoms with Crippen LogP contribution in [0.3, 0.4) is 0 Å². The summed E-state index contributed by atoms with van der Waals surface area (Å²) in [5.41, 5.74) is 2.40. The lowest BCUT2D eigenvalue weighted by Gasteiger charge is -2.07. The van der Waals surface area contributed by atoms with Crippen LogP contribution in [-0.2, 0) is 0 Å². The molecule has 0 amide bonds. The van der Waals surface area contributed by atoms with Crippen LogP contribution in [0.5, 0.6) is 6.01 Å². The van der Waals surface area contributed by atoms with Crippen LogP contribution in [-0.4, -0.2) is 21.6 Å². The van der Waals surface area contributed by atoms with Crippen LogP contribution in [0.4, 0.5) is 5.95 Å². The number of nitrogens with one attached hydrogen (secondary N) is 1. The summed E-state index contributed by atoms with van der Waals surface area (Å²) in [5, 5.41) is 1.10. The number of hydrazine groups is 1. The smallest absolute Gasteiger partial charge is 0.322 e. The molecule has 0 aliphatic carbocycles. The van der Waals surface area contributed by atoms with Gasteiger partial charge in [-0.15, -0.1) is 0 Å². The second kappa shape index (κ2) is 7.28. The number of benzene rings is 1. The normalized spacial score (nSPS) is 10.3. The molecule has 20 heavy (non-hydrogen) atoms. The SMILES string of the molecule is CCCOc1nc(NN)nc(Sc2ccccc2Cl)n1. The molecule has 0 unspecified atom stereocenters. The molecule has 0 saturated heterocycles. The molecule has 1 aromatic carbocycles. The predicted octanol–water partition coefficient (Wildman–Crippen LogP) is 2.75. The van der Waals surface area contributed by atoms with Crippen molar-refractivity contribution in [3.8, 4) is 6.01 Å². The Hall–Kier alpha value is -1.57. The largest absolute Gasteiger partial charge is 0.463 e. The monoisotopic (exact) mass is 311 g/mol. The Kier molecular flexibility index (Phi) is 5.40. The molecule has 0 fully saturated rings. The maximum atomic E-state index is 6.11. The van der Waals surface area contributed by atoms with Crippen LogP contribution in [0, 0.1) is 0 Å². The second-order valence-electron chi connectivity index (χ2n) is 3.75. The average Bonchev–Trinajstić information content (AvgIpc) is 2.47. The fraction of sp³-hybridized carbons (Fsp3) is 0.250. The van der Waals surface area contributed by atoms with E-state index < -0.39 is 0 Å². The van der Waals surface area contributed by atoms with Crippen LogP contribution >= 0.6 is 23.4 Å². The third-order valence-electron chi connectivity index (χ3n) is 2.20. The first-order chi connectivity index (χ1) is 9.72. The van der Waals surface area contributed by atoms with Crippen LogP contribution in [0.1, 0.15) is 13.3 Å². The quantitative estimate of drug-likeness (QED) is 0.626. The highest BCUT2D eigenvalue weighted by atomic mass is 35.5. The molecular weight excluding hydrogens is 298 g/mol. The minimum Gasteiger partial charge on any atom is -0.463 e. The fourth-order valence-electron chi connectivity index (χ4n) is 1.33. The highest BCUT2D eigenvalue weighted by Crippen LogP contribution is 2.31. The molecule has 0 bridgehead atoms. The summed E-state index contributed by atoms with van der Waals surface area (Å²) >= 11 is 7.43. The fourth-order valence-corrected chi connectivity index (χ4v) is 2.35. The van der Waals surface area contributed by atoms with Gasteiger partial charge >= 0.3 is 6.01 Å². The van der Waals surface area contributed by atoms with E-state index in [2.05, 4.69) is 20.4 Å². The van der Waals surface area contributed by atoms with E-state index in [-0.39, 0.29) is 12.0 Å². The van der Waals surface area contributed by atoms with E-state index in [4.69, 9.17) is 22.2 Å². The molecule has 0 saturated carbocycles. The molecule has 0 aliphatic rings. The number of hydrogen-bond acceptors (Lipinski definition) is 7. The molecule has 0 spiro atoms. The van der Waals surface area contributed by atoms with Crippen molar-refractivity contribution < 1.29 is 4.74 Å². The molecule has 1 heterocycles. The second-order valence-corrected chi connectivity index (χ2v) is 5.17. The Bertz CT molecular complexity index is 584. The molecule has 0 atom stereocenters. The van der Waals surface area contributed by atoms with Crippen molar-refractivity contribution in [2.24, 2.45) is 5.84 Å². The number of hydrogen-bond donors (Lipinski definition) is 2. The van der Waals surface area contributed by atoms with Crippen molar-refractivity contribution in [2.75, 3.05) is 12.0 Å². The number of nitrogens with zero attached hydrogens (tertiary/aromatic N) is 3. The molecule has 8 heteroatoms. The Labute approximate surface area is 126 Å². The van der Waals surface area contributed by atoms with Crippen LogP contribution < -0.4 is 16.0 Å². The van der Waals surface area contributed by atoms with E-state index in [0.29, 0.717) is 16.8 Å². The number of ether oxygens (including phenoxy) is 1. The average molecular weight is 312 g/mol. The zero-order chi connectivity index (χ0) is 14.4. The van der Waals surface area contributed by atoms with Crippen molar-refractivity contribution in [3.63, 3.8) is 0 Å². The van der Waals surface area contributed by atoms with Crippen molar-refractivity contribution in [1.82, 2.24) is 15.0 Å². The maximum absolute atomic E-state index is 6.11. The zero-order valence-corrected chi connectivity index (χ0v) is 12.4. The summed E-state index contributed by atoms with van der Waals surface area (Å²) in [6.45, 7) is 2.53. The maximum Gasteiger partial charge on any atom is 0.322 e. The summed E-state index contributed by atoms with van der Waals surface area (Å²) < 4.78 is 5.40. The molecule has 3 N–H and O–H groups in total. The minimum atomic E-state index is 0.240. The molecule has 6 nitrogen and oxygen atoms in total. The van der Waals surface area contributed by atoms with Gasteiger partial charge in [0.25, 0.3) is 0 Å². The summed E-state index contributed by atoms with van der Waals surface area (Å²) in [7, 11) is 0. The summed E-state index contributed by atoms with van der Waals surface area (Å²) in [6.07, 6.45) is 0.865. The van der Waals surface area contributed by atoms with Gasteiger partial charge in [-0.25, -0.2) is 5.84 Å². The third-order valence-corrected chi connectivity index (χ3v) is 3.58. The van der Waals surface area contributed by atoms with Crippen molar-refractivity contribution in [1.29, 1.82) is 0 Å². The van der Waals surface area contributed by atoms with Gasteiger partial charge in [0.15, 0.2) is 0 Å².